The number of nitrogens with one attached hydrogen (secondary N) is 1. The summed E-state index contributed by atoms with van der Waals surface area (Å²) < 4.78 is 29.5. The Balaban J connectivity index is 2.00. The van der Waals surface area contributed by atoms with Gasteiger partial charge in [0.05, 0.1) is 10.6 Å². The number of carbonyl (C=O) groups is 2. The Kier molecular flexibility index (Phi) is 10.5. The zero-order chi connectivity index (χ0) is 27.7. The molecule has 202 valence electrons. The fourth-order valence-electron chi connectivity index (χ4n) is 3.91. The summed E-state index contributed by atoms with van der Waals surface area (Å²) in [4.78, 5) is 28.3. The van der Waals surface area contributed by atoms with Gasteiger partial charge in [-0.05, 0) is 67.3 Å². The zero-order valence-electron chi connectivity index (χ0n) is 21.9. The molecule has 0 aromatic heterocycles. The third-order valence-corrected chi connectivity index (χ3v) is 8.54. The lowest BCUT2D eigenvalue weighted by Gasteiger charge is -2.32. The standard InChI is InChI=1S/C29H34BrN3O4S/c1-4-19-31-29(35)22(3)32(20-24-11-15-25(30)16-12-24)28(34)21-33(26-17-13-23(5-2)14-18-26)38(36,37)27-9-7-6-8-10-27/h6-18,22H,4-5,19-21H2,1-3H3,(H,31,35). The molecule has 9 heteroatoms. The van der Waals surface area contributed by atoms with E-state index < -0.39 is 28.5 Å². The van der Waals surface area contributed by atoms with Crippen molar-refractivity contribution in [1.29, 1.82) is 0 Å². The molecule has 0 bridgehead atoms. The molecule has 0 aliphatic heterocycles. The van der Waals surface area contributed by atoms with Gasteiger partial charge in [0.2, 0.25) is 11.8 Å². The number of anilines is 1. The van der Waals surface area contributed by atoms with Crippen LogP contribution in [-0.2, 0) is 32.6 Å². The van der Waals surface area contributed by atoms with Crippen LogP contribution in [0.3, 0.4) is 0 Å². The van der Waals surface area contributed by atoms with Crippen LogP contribution in [0.4, 0.5) is 5.69 Å². The molecule has 1 atom stereocenters. The smallest absolute Gasteiger partial charge is 0.264 e. The fraction of sp³-hybridized carbons (Fsp3) is 0.310. The van der Waals surface area contributed by atoms with Crippen LogP contribution in [0, 0.1) is 0 Å². The van der Waals surface area contributed by atoms with Gasteiger partial charge in [-0.25, -0.2) is 8.42 Å². The van der Waals surface area contributed by atoms with E-state index in [9.17, 15) is 18.0 Å². The number of aryl methyl sites for hydroxylation is 1. The summed E-state index contributed by atoms with van der Waals surface area (Å²) in [6.45, 7) is 5.81. The monoisotopic (exact) mass is 599 g/mol. The minimum Gasteiger partial charge on any atom is -0.354 e. The van der Waals surface area contributed by atoms with E-state index in [1.807, 2.05) is 50.2 Å². The number of hydrogen-bond acceptors (Lipinski definition) is 4. The summed E-state index contributed by atoms with van der Waals surface area (Å²) in [5.41, 5.74) is 2.25. The van der Waals surface area contributed by atoms with Gasteiger partial charge in [-0.2, -0.15) is 0 Å². The molecule has 1 N–H and O–H groups in total. The van der Waals surface area contributed by atoms with Crippen LogP contribution < -0.4 is 9.62 Å². The topological polar surface area (TPSA) is 86.8 Å². The number of sulfonamides is 1. The van der Waals surface area contributed by atoms with E-state index in [4.69, 9.17) is 0 Å². The Morgan fingerprint density at radius 2 is 1.50 bits per heavy atom. The molecule has 0 aliphatic carbocycles. The fourth-order valence-corrected chi connectivity index (χ4v) is 5.61. The number of rotatable bonds is 12. The first kappa shape index (κ1) is 29.4. The summed E-state index contributed by atoms with van der Waals surface area (Å²) in [6.07, 6.45) is 1.56. The highest BCUT2D eigenvalue weighted by Gasteiger charge is 2.32. The summed E-state index contributed by atoms with van der Waals surface area (Å²) >= 11 is 3.42. The minimum atomic E-state index is -4.06. The molecule has 0 saturated heterocycles. The highest BCUT2D eigenvalue weighted by molar-refractivity contribution is 9.10. The minimum absolute atomic E-state index is 0.0839. The van der Waals surface area contributed by atoms with Crippen molar-refractivity contribution >= 4 is 43.5 Å². The first-order valence-electron chi connectivity index (χ1n) is 12.7. The van der Waals surface area contributed by atoms with E-state index in [1.165, 1.54) is 17.0 Å². The molecule has 0 saturated carbocycles. The Labute approximate surface area is 234 Å². The maximum absolute atomic E-state index is 13.8. The van der Waals surface area contributed by atoms with E-state index >= 15 is 0 Å². The van der Waals surface area contributed by atoms with Crippen LogP contribution in [0.5, 0.6) is 0 Å². The van der Waals surface area contributed by atoms with Gasteiger partial charge >= 0.3 is 0 Å². The normalized spacial score (nSPS) is 12.0. The van der Waals surface area contributed by atoms with Gasteiger partial charge < -0.3 is 10.2 Å². The summed E-state index contributed by atoms with van der Waals surface area (Å²) in [5, 5.41) is 2.84. The molecule has 1 unspecified atom stereocenters. The Bertz CT molecular complexity index is 1310. The molecular weight excluding hydrogens is 566 g/mol. The molecule has 3 aromatic carbocycles. The molecule has 2 amide bonds. The highest BCUT2D eigenvalue weighted by Crippen LogP contribution is 2.25. The van der Waals surface area contributed by atoms with Crippen molar-refractivity contribution in [2.75, 3.05) is 17.4 Å². The summed E-state index contributed by atoms with van der Waals surface area (Å²) in [5.74, 6) is -0.770. The lowest BCUT2D eigenvalue weighted by molar-refractivity contribution is -0.139. The maximum Gasteiger partial charge on any atom is 0.264 e. The molecular formula is C29H34BrN3O4S. The van der Waals surface area contributed by atoms with Crippen molar-refractivity contribution < 1.29 is 18.0 Å². The second kappa shape index (κ2) is 13.6. The van der Waals surface area contributed by atoms with Crippen molar-refractivity contribution in [3.63, 3.8) is 0 Å². The van der Waals surface area contributed by atoms with Gasteiger partial charge in [0.15, 0.2) is 0 Å². The molecule has 0 aliphatic rings. The van der Waals surface area contributed by atoms with Crippen LogP contribution in [0.15, 0.2) is 88.2 Å². The average molecular weight is 601 g/mol. The molecule has 38 heavy (non-hydrogen) atoms. The van der Waals surface area contributed by atoms with Gasteiger partial charge in [-0.15, -0.1) is 0 Å². The van der Waals surface area contributed by atoms with Gasteiger partial charge in [0.1, 0.15) is 12.6 Å². The van der Waals surface area contributed by atoms with Crippen LogP contribution >= 0.6 is 15.9 Å². The van der Waals surface area contributed by atoms with Gasteiger partial charge in [0.25, 0.3) is 10.0 Å². The van der Waals surface area contributed by atoms with E-state index in [2.05, 4.69) is 21.2 Å². The SMILES string of the molecule is CCCNC(=O)C(C)N(Cc1ccc(Br)cc1)C(=O)CN(c1ccc(CC)cc1)S(=O)(=O)c1ccccc1. The van der Waals surface area contributed by atoms with Crippen molar-refractivity contribution in [3.05, 3.63) is 94.5 Å². The summed E-state index contributed by atoms with van der Waals surface area (Å²) in [7, 11) is -4.06. The summed E-state index contributed by atoms with van der Waals surface area (Å²) in [6, 6.07) is 21.8. The van der Waals surface area contributed by atoms with Crippen LogP contribution in [0.25, 0.3) is 0 Å². The van der Waals surface area contributed by atoms with Gasteiger partial charge in [0, 0.05) is 17.6 Å². The third-order valence-electron chi connectivity index (χ3n) is 6.23. The predicted octanol–water partition coefficient (Wildman–Crippen LogP) is 5.15. The number of hydrogen-bond donors (Lipinski definition) is 1. The van der Waals surface area contributed by atoms with E-state index in [1.54, 1.807) is 37.3 Å². The molecule has 3 aromatic rings. The largest absolute Gasteiger partial charge is 0.354 e. The van der Waals surface area contributed by atoms with Crippen molar-refractivity contribution in [1.82, 2.24) is 10.2 Å². The number of nitrogens with zero attached hydrogens (tertiary/aromatic N) is 2. The molecule has 7 nitrogen and oxygen atoms in total. The molecule has 0 radical (unpaired) electrons. The third kappa shape index (κ3) is 7.45. The molecule has 0 spiro atoms. The quantitative estimate of drug-likeness (QED) is 0.312. The van der Waals surface area contributed by atoms with E-state index in [0.29, 0.717) is 12.2 Å². The molecule has 0 heterocycles. The van der Waals surface area contributed by atoms with E-state index in [-0.39, 0.29) is 17.3 Å². The number of carbonyl (C=O) groups excluding carboxylic acids is 2. The maximum atomic E-state index is 13.8. The second-order valence-electron chi connectivity index (χ2n) is 8.96. The van der Waals surface area contributed by atoms with Crippen LogP contribution in [0.1, 0.15) is 38.3 Å². The van der Waals surface area contributed by atoms with Crippen molar-refractivity contribution in [2.24, 2.45) is 0 Å². The molecule has 0 fully saturated rings. The number of amides is 2. The Morgan fingerprint density at radius 1 is 0.895 bits per heavy atom. The van der Waals surface area contributed by atoms with Gasteiger partial charge in [-0.3, -0.25) is 13.9 Å². The lowest BCUT2D eigenvalue weighted by Crippen LogP contribution is -2.51. The van der Waals surface area contributed by atoms with Crippen LogP contribution in [-0.4, -0.2) is 44.3 Å². The lowest BCUT2D eigenvalue weighted by atomic mass is 10.1. The zero-order valence-corrected chi connectivity index (χ0v) is 24.3. The average Bonchev–Trinajstić information content (AvgIpc) is 2.94. The Hall–Kier alpha value is -3.17. The highest BCUT2D eigenvalue weighted by atomic mass is 79.9. The first-order valence-corrected chi connectivity index (χ1v) is 14.9. The van der Waals surface area contributed by atoms with Crippen LogP contribution in [0.2, 0.25) is 0 Å². The van der Waals surface area contributed by atoms with Gasteiger partial charge in [-0.1, -0.05) is 72.2 Å². The first-order chi connectivity index (χ1) is 18.2. The van der Waals surface area contributed by atoms with E-state index in [0.717, 1.165) is 32.7 Å². The number of halogens is 1. The van der Waals surface area contributed by atoms with Crippen molar-refractivity contribution in [3.8, 4) is 0 Å². The Morgan fingerprint density at radius 3 is 2.08 bits per heavy atom. The predicted molar refractivity (Wildman–Crippen MR) is 154 cm³/mol. The number of benzene rings is 3. The van der Waals surface area contributed by atoms with Crippen molar-refractivity contribution in [2.45, 2.75) is 51.1 Å². The molecule has 3 rings (SSSR count). The second-order valence-corrected chi connectivity index (χ2v) is 11.7.